The molecule has 0 bridgehead atoms. The summed E-state index contributed by atoms with van der Waals surface area (Å²) in [7, 11) is 2.54. The minimum absolute atomic E-state index is 0.394. The van der Waals surface area contributed by atoms with E-state index in [-0.39, 0.29) is 0 Å². The normalized spacial score (nSPS) is 12.2. The number of hydrogen-bond acceptors (Lipinski definition) is 5. The fourth-order valence-corrected chi connectivity index (χ4v) is 3.95. The average Bonchev–Trinajstić information content (AvgIpc) is 2.78. The number of thiophene rings is 1. The molecule has 0 radical (unpaired) electrons. The first-order valence-electron chi connectivity index (χ1n) is 6.32. The van der Waals surface area contributed by atoms with Crippen LogP contribution in [0.1, 0.15) is 18.4 Å². The summed E-state index contributed by atoms with van der Waals surface area (Å²) in [5, 5.41) is 4.88. The summed E-state index contributed by atoms with van der Waals surface area (Å²) in [6, 6.07) is 1.73. The van der Waals surface area contributed by atoms with Gasteiger partial charge in [0.2, 0.25) is 10.0 Å². The van der Waals surface area contributed by atoms with Gasteiger partial charge in [-0.3, -0.25) is 0 Å². The second-order valence-electron chi connectivity index (χ2n) is 4.71. The average molecular weight is 305 g/mol. The van der Waals surface area contributed by atoms with E-state index in [1.165, 1.54) is 11.3 Å². The molecule has 0 spiro atoms. The smallest absolute Gasteiger partial charge is 0.250 e. The monoisotopic (exact) mass is 305 g/mol. The standard InChI is InChI=1S/C12H23N3O2S2/c1-13-9-11-8-12(18-10-11)19(16,17)14-6-4-5-7-15(2)3/h8,10,13-14H,4-7,9H2,1-3H3. The third-order valence-corrected chi connectivity index (χ3v) is 5.55. The highest BCUT2D eigenvalue weighted by molar-refractivity contribution is 7.91. The molecule has 0 aromatic carbocycles. The molecule has 5 nitrogen and oxygen atoms in total. The van der Waals surface area contributed by atoms with Crippen molar-refractivity contribution in [1.29, 1.82) is 0 Å². The Balaban J connectivity index is 2.42. The third kappa shape index (κ3) is 6.01. The Hall–Kier alpha value is -0.470. The van der Waals surface area contributed by atoms with Crippen molar-refractivity contribution in [2.24, 2.45) is 0 Å². The van der Waals surface area contributed by atoms with Gasteiger partial charge >= 0.3 is 0 Å². The fourth-order valence-electron chi connectivity index (χ4n) is 1.62. The molecular weight excluding hydrogens is 282 g/mol. The summed E-state index contributed by atoms with van der Waals surface area (Å²) in [4.78, 5) is 2.10. The number of rotatable bonds is 9. The summed E-state index contributed by atoms with van der Waals surface area (Å²) in [5.41, 5.74) is 1.00. The summed E-state index contributed by atoms with van der Waals surface area (Å²) >= 11 is 1.27. The van der Waals surface area contributed by atoms with Crippen LogP contribution in [0.2, 0.25) is 0 Å². The highest BCUT2D eigenvalue weighted by Gasteiger charge is 2.15. The molecule has 1 heterocycles. The molecule has 0 saturated heterocycles. The van der Waals surface area contributed by atoms with E-state index in [1.807, 2.05) is 26.5 Å². The quantitative estimate of drug-likeness (QED) is 0.671. The van der Waals surface area contributed by atoms with Gasteiger partial charge in [-0.1, -0.05) is 0 Å². The first kappa shape index (κ1) is 16.6. The van der Waals surface area contributed by atoms with Gasteiger partial charge in [0.05, 0.1) is 0 Å². The summed E-state index contributed by atoms with van der Waals surface area (Å²) in [6.07, 6.45) is 1.84. The Labute approximate surface area is 120 Å². The lowest BCUT2D eigenvalue weighted by Gasteiger charge is -2.09. The van der Waals surface area contributed by atoms with Crippen LogP contribution in [0.5, 0.6) is 0 Å². The Morgan fingerprint density at radius 3 is 2.68 bits per heavy atom. The summed E-state index contributed by atoms with van der Waals surface area (Å²) < 4.78 is 27.1. The Morgan fingerprint density at radius 1 is 1.32 bits per heavy atom. The van der Waals surface area contributed by atoms with Crippen LogP contribution in [-0.2, 0) is 16.6 Å². The highest BCUT2D eigenvalue weighted by Crippen LogP contribution is 2.19. The minimum Gasteiger partial charge on any atom is -0.316 e. The fraction of sp³-hybridized carbons (Fsp3) is 0.667. The Bertz CT molecular complexity index is 469. The molecule has 1 aromatic rings. The summed E-state index contributed by atoms with van der Waals surface area (Å²) in [5.74, 6) is 0. The first-order chi connectivity index (χ1) is 8.95. The van der Waals surface area contributed by atoms with Crippen LogP contribution in [-0.4, -0.2) is 47.6 Å². The third-order valence-electron chi connectivity index (χ3n) is 2.60. The number of nitrogens with one attached hydrogen (secondary N) is 2. The van der Waals surface area contributed by atoms with Gasteiger partial charge in [0.25, 0.3) is 0 Å². The Kier molecular flexibility index (Phi) is 6.95. The molecule has 110 valence electrons. The SMILES string of the molecule is CNCc1csc(S(=O)(=O)NCCCCN(C)C)c1. The molecule has 0 aliphatic heterocycles. The van der Waals surface area contributed by atoms with Crippen molar-refractivity contribution in [2.75, 3.05) is 34.2 Å². The predicted octanol–water partition coefficient (Wildman–Crippen LogP) is 1.09. The van der Waals surface area contributed by atoms with Gasteiger partial charge in [0.1, 0.15) is 4.21 Å². The number of nitrogens with zero attached hydrogens (tertiary/aromatic N) is 1. The molecule has 0 unspecified atom stereocenters. The molecule has 0 saturated carbocycles. The lowest BCUT2D eigenvalue weighted by molar-refractivity contribution is 0.394. The molecule has 0 aliphatic rings. The van der Waals surface area contributed by atoms with Crippen molar-refractivity contribution < 1.29 is 8.42 Å². The van der Waals surface area contributed by atoms with Crippen LogP contribution >= 0.6 is 11.3 Å². The van der Waals surface area contributed by atoms with E-state index in [1.54, 1.807) is 6.07 Å². The molecule has 7 heteroatoms. The minimum atomic E-state index is -3.33. The number of unbranched alkanes of at least 4 members (excludes halogenated alkanes) is 1. The van der Waals surface area contributed by atoms with E-state index in [9.17, 15) is 8.42 Å². The molecule has 1 aromatic heterocycles. The predicted molar refractivity (Wildman–Crippen MR) is 80.1 cm³/mol. The zero-order chi connectivity index (χ0) is 14.3. The molecule has 0 aliphatic carbocycles. The summed E-state index contributed by atoms with van der Waals surface area (Å²) in [6.45, 7) is 2.16. The van der Waals surface area contributed by atoms with Crippen LogP contribution < -0.4 is 10.0 Å². The van der Waals surface area contributed by atoms with E-state index < -0.39 is 10.0 Å². The largest absolute Gasteiger partial charge is 0.316 e. The Morgan fingerprint density at radius 2 is 2.05 bits per heavy atom. The van der Waals surface area contributed by atoms with Gasteiger partial charge < -0.3 is 10.2 Å². The zero-order valence-corrected chi connectivity index (χ0v) is 13.4. The van der Waals surface area contributed by atoms with Crippen molar-refractivity contribution in [3.8, 4) is 0 Å². The molecule has 0 fully saturated rings. The van der Waals surface area contributed by atoms with Gasteiger partial charge in [0, 0.05) is 13.1 Å². The van der Waals surface area contributed by atoms with Gasteiger partial charge in [0.15, 0.2) is 0 Å². The topological polar surface area (TPSA) is 61.4 Å². The number of sulfonamides is 1. The van der Waals surface area contributed by atoms with E-state index in [2.05, 4.69) is 14.9 Å². The van der Waals surface area contributed by atoms with Crippen molar-refractivity contribution in [3.05, 3.63) is 17.0 Å². The van der Waals surface area contributed by atoms with Gasteiger partial charge in [-0.25, -0.2) is 13.1 Å². The van der Waals surface area contributed by atoms with Crippen LogP contribution in [0, 0.1) is 0 Å². The van der Waals surface area contributed by atoms with Crippen LogP contribution in [0.25, 0.3) is 0 Å². The molecule has 19 heavy (non-hydrogen) atoms. The van der Waals surface area contributed by atoms with Gasteiger partial charge in [-0.05, 0) is 57.5 Å². The zero-order valence-electron chi connectivity index (χ0n) is 11.8. The molecule has 2 N–H and O–H groups in total. The van der Waals surface area contributed by atoms with Crippen molar-refractivity contribution in [1.82, 2.24) is 14.9 Å². The lowest BCUT2D eigenvalue weighted by atomic mass is 10.3. The molecule has 0 amide bonds. The van der Waals surface area contributed by atoms with Gasteiger partial charge in [-0.2, -0.15) is 0 Å². The maximum atomic E-state index is 12.0. The molecular formula is C12H23N3O2S2. The van der Waals surface area contributed by atoms with Crippen molar-refractivity contribution in [2.45, 2.75) is 23.6 Å². The first-order valence-corrected chi connectivity index (χ1v) is 8.68. The maximum absolute atomic E-state index is 12.0. The molecule has 0 atom stereocenters. The van der Waals surface area contributed by atoms with Crippen molar-refractivity contribution in [3.63, 3.8) is 0 Å². The lowest BCUT2D eigenvalue weighted by Crippen LogP contribution is -2.25. The van der Waals surface area contributed by atoms with E-state index in [0.29, 0.717) is 17.3 Å². The number of hydrogen-bond donors (Lipinski definition) is 2. The van der Waals surface area contributed by atoms with E-state index in [0.717, 1.165) is 24.9 Å². The second kappa shape index (κ2) is 7.96. The van der Waals surface area contributed by atoms with Crippen LogP contribution in [0.15, 0.2) is 15.7 Å². The molecule has 1 rings (SSSR count). The van der Waals surface area contributed by atoms with Crippen LogP contribution in [0.4, 0.5) is 0 Å². The van der Waals surface area contributed by atoms with E-state index in [4.69, 9.17) is 0 Å². The van der Waals surface area contributed by atoms with Crippen molar-refractivity contribution >= 4 is 21.4 Å². The van der Waals surface area contributed by atoms with E-state index >= 15 is 0 Å². The van der Waals surface area contributed by atoms with Crippen LogP contribution in [0.3, 0.4) is 0 Å². The second-order valence-corrected chi connectivity index (χ2v) is 7.62. The van der Waals surface area contributed by atoms with Gasteiger partial charge in [-0.15, -0.1) is 11.3 Å². The maximum Gasteiger partial charge on any atom is 0.250 e. The highest BCUT2D eigenvalue weighted by atomic mass is 32.2.